The highest BCUT2D eigenvalue weighted by atomic mass is 32.2. The summed E-state index contributed by atoms with van der Waals surface area (Å²) in [4.78, 5) is 12.5. The number of amides is 1. The topological polar surface area (TPSA) is 88.4 Å². The van der Waals surface area contributed by atoms with E-state index in [0.717, 1.165) is 41.4 Å². The van der Waals surface area contributed by atoms with Crippen molar-refractivity contribution in [2.45, 2.75) is 37.5 Å². The first-order valence-electron chi connectivity index (χ1n) is 9.77. The number of nitrogens with one attached hydrogen (secondary N) is 2. The van der Waals surface area contributed by atoms with E-state index < -0.39 is 10.0 Å². The number of benzene rings is 2. The van der Waals surface area contributed by atoms with Gasteiger partial charge in [0.1, 0.15) is 5.58 Å². The number of hydrogen-bond acceptors (Lipinski definition) is 4. The van der Waals surface area contributed by atoms with Crippen LogP contribution in [0.1, 0.15) is 28.7 Å². The van der Waals surface area contributed by atoms with Crippen LogP contribution < -0.4 is 10.0 Å². The van der Waals surface area contributed by atoms with Crippen molar-refractivity contribution in [2.75, 3.05) is 13.1 Å². The summed E-state index contributed by atoms with van der Waals surface area (Å²) in [7, 11) is -3.58. The summed E-state index contributed by atoms with van der Waals surface area (Å²) in [6, 6.07) is 10.9. The molecule has 0 radical (unpaired) electrons. The van der Waals surface area contributed by atoms with Crippen LogP contribution >= 0.6 is 0 Å². The van der Waals surface area contributed by atoms with Crippen LogP contribution in [0.15, 0.2) is 52.0 Å². The van der Waals surface area contributed by atoms with Gasteiger partial charge in [0.25, 0.3) is 0 Å². The van der Waals surface area contributed by atoms with Crippen LogP contribution in [-0.4, -0.2) is 27.4 Å². The lowest BCUT2D eigenvalue weighted by Crippen LogP contribution is -2.35. The van der Waals surface area contributed by atoms with Crippen LogP contribution in [0, 0.1) is 6.92 Å². The van der Waals surface area contributed by atoms with Gasteiger partial charge in [0.2, 0.25) is 15.9 Å². The molecular formula is C22H24N2O4S. The Morgan fingerprint density at radius 3 is 2.55 bits per heavy atom. The monoisotopic (exact) mass is 412 g/mol. The van der Waals surface area contributed by atoms with E-state index in [1.54, 1.807) is 30.5 Å². The van der Waals surface area contributed by atoms with E-state index in [-0.39, 0.29) is 30.3 Å². The molecule has 1 aliphatic rings. The molecule has 152 valence electrons. The number of rotatable bonds is 7. The molecule has 1 amide bonds. The lowest BCUT2D eigenvalue weighted by molar-refractivity contribution is -0.120. The zero-order valence-corrected chi connectivity index (χ0v) is 17.1. The van der Waals surface area contributed by atoms with Crippen LogP contribution in [-0.2, 0) is 34.1 Å². The average Bonchev–Trinajstić information content (AvgIpc) is 3.30. The first-order chi connectivity index (χ1) is 13.9. The summed E-state index contributed by atoms with van der Waals surface area (Å²) < 4.78 is 32.6. The van der Waals surface area contributed by atoms with E-state index in [0.29, 0.717) is 0 Å². The molecule has 1 aromatic heterocycles. The summed E-state index contributed by atoms with van der Waals surface area (Å²) in [6.45, 7) is 2.24. The SMILES string of the molecule is Cc1ccc(S(=O)(=O)NCCNC(=O)Cc2coc3cc4c(cc23)CCC4)cc1. The normalized spacial score (nSPS) is 13.6. The fourth-order valence-electron chi connectivity index (χ4n) is 3.71. The van der Waals surface area contributed by atoms with E-state index in [1.807, 2.05) is 6.92 Å². The summed E-state index contributed by atoms with van der Waals surface area (Å²) in [5.41, 5.74) is 5.34. The number of hydrogen-bond donors (Lipinski definition) is 2. The van der Waals surface area contributed by atoms with Crippen molar-refractivity contribution in [1.82, 2.24) is 10.0 Å². The van der Waals surface area contributed by atoms with E-state index in [1.165, 1.54) is 11.1 Å². The molecule has 1 aliphatic carbocycles. The molecular weight excluding hydrogens is 388 g/mol. The molecule has 3 aromatic rings. The quantitative estimate of drug-likeness (QED) is 0.584. The van der Waals surface area contributed by atoms with Crippen molar-refractivity contribution < 1.29 is 17.6 Å². The molecule has 0 saturated heterocycles. The van der Waals surface area contributed by atoms with Crippen molar-refractivity contribution in [3.63, 3.8) is 0 Å². The molecule has 0 saturated carbocycles. The van der Waals surface area contributed by atoms with Gasteiger partial charge < -0.3 is 9.73 Å². The smallest absolute Gasteiger partial charge is 0.240 e. The lowest BCUT2D eigenvalue weighted by atomic mass is 10.0. The van der Waals surface area contributed by atoms with Gasteiger partial charge in [-0.05, 0) is 61.6 Å². The van der Waals surface area contributed by atoms with Gasteiger partial charge in [-0.15, -0.1) is 0 Å². The van der Waals surface area contributed by atoms with Gasteiger partial charge in [0.15, 0.2) is 0 Å². The molecule has 0 fully saturated rings. The van der Waals surface area contributed by atoms with Gasteiger partial charge >= 0.3 is 0 Å². The highest BCUT2D eigenvalue weighted by Gasteiger charge is 2.17. The molecule has 2 aromatic carbocycles. The minimum Gasteiger partial charge on any atom is -0.464 e. The first-order valence-corrected chi connectivity index (χ1v) is 11.3. The molecule has 0 spiro atoms. The van der Waals surface area contributed by atoms with Gasteiger partial charge in [-0.1, -0.05) is 17.7 Å². The van der Waals surface area contributed by atoms with Crippen molar-refractivity contribution in [2.24, 2.45) is 0 Å². The van der Waals surface area contributed by atoms with E-state index in [9.17, 15) is 13.2 Å². The maximum Gasteiger partial charge on any atom is 0.240 e. The molecule has 0 unspecified atom stereocenters. The Balaban J connectivity index is 1.30. The maximum atomic E-state index is 12.3. The van der Waals surface area contributed by atoms with Crippen LogP contribution in [0.25, 0.3) is 11.0 Å². The van der Waals surface area contributed by atoms with Crippen molar-refractivity contribution in [3.8, 4) is 0 Å². The molecule has 29 heavy (non-hydrogen) atoms. The molecule has 2 N–H and O–H groups in total. The molecule has 6 nitrogen and oxygen atoms in total. The second-order valence-corrected chi connectivity index (χ2v) is 9.24. The third kappa shape index (κ3) is 4.36. The highest BCUT2D eigenvalue weighted by Crippen LogP contribution is 2.30. The average molecular weight is 413 g/mol. The van der Waals surface area contributed by atoms with Gasteiger partial charge in [0.05, 0.1) is 17.6 Å². The summed E-state index contributed by atoms with van der Waals surface area (Å²) in [6.07, 6.45) is 5.16. The number of carbonyl (C=O) groups excluding carboxylic acids is 1. The maximum absolute atomic E-state index is 12.3. The standard InChI is InChI=1S/C22H24N2O4S/c1-15-5-7-19(8-6-15)29(26,27)24-10-9-23-22(25)13-18-14-28-21-12-17-4-2-3-16(17)11-20(18)21/h5-8,11-12,14,24H,2-4,9-10,13H2,1H3,(H,23,25). The summed E-state index contributed by atoms with van der Waals surface area (Å²) >= 11 is 0. The predicted octanol–water partition coefficient (Wildman–Crippen LogP) is 2.87. The minimum atomic E-state index is -3.58. The van der Waals surface area contributed by atoms with Crippen molar-refractivity contribution >= 4 is 26.9 Å². The molecule has 0 aliphatic heterocycles. The Morgan fingerprint density at radius 2 is 1.79 bits per heavy atom. The Bertz CT molecular complexity index is 1150. The van der Waals surface area contributed by atoms with E-state index in [2.05, 4.69) is 22.2 Å². The first kappa shape index (κ1) is 19.7. The van der Waals surface area contributed by atoms with Crippen LogP contribution in [0.4, 0.5) is 0 Å². The molecule has 1 heterocycles. The highest BCUT2D eigenvalue weighted by molar-refractivity contribution is 7.89. The third-order valence-electron chi connectivity index (χ3n) is 5.29. The number of carbonyl (C=O) groups is 1. The Hall–Kier alpha value is -2.64. The minimum absolute atomic E-state index is 0.127. The zero-order chi connectivity index (χ0) is 20.4. The van der Waals surface area contributed by atoms with Gasteiger partial charge in [-0.2, -0.15) is 0 Å². The van der Waals surface area contributed by atoms with Crippen molar-refractivity contribution in [1.29, 1.82) is 0 Å². The van der Waals surface area contributed by atoms with Gasteiger partial charge in [-0.3, -0.25) is 4.79 Å². The van der Waals surface area contributed by atoms with Gasteiger partial charge in [-0.25, -0.2) is 13.1 Å². The van der Waals surface area contributed by atoms with Crippen LogP contribution in [0.3, 0.4) is 0 Å². The molecule has 0 bridgehead atoms. The van der Waals surface area contributed by atoms with Crippen LogP contribution in [0.2, 0.25) is 0 Å². The molecule has 0 atom stereocenters. The largest absolute Gasteiger partial charge is 0.464 e. The fourth-order valence-corrected chi connectivity index (χ4v) is 4.74. The molecule has 4 rings (SSSR count). The number of furan rings is 1. The lowest BCUT2D eigenvalue weighted by Gasteiger charge is -2.08. The fraction of sp³-hybridized carbons (Fsp3) is 0.318. The molecule has 7 heteroatoms. The number of aryl methyl sites for hydroxylation is 3. The number of fused-ring (bicyclic) bond motifs is 2. The third-order valence-corrected chi connectivity index (χ3v) is 6.77. The summed E-state index contributed by atoms with van der Waals surface area (Å²) in [5, 5.41) is 3.75. The zero-order valence-electron chi connectivity index (χ0n) is 16.3. The second-order valence-electron chi connectivity index (χ2n) is 7.47. The Labute approximate surface area is 170 Å². The van der Waals surface area contributed by atoms with E-state index in [4.69, 9.17) is 4.42 Å². The van der Waals surface area contributed by atoms with Crippen molar-refractivity contribution in [3.05, 3.63) is 64.9 Å². The Kier molecular flexibility index (Phi) is 5.43. The summed E-state index contributed by atoms with van der Waals surface area (Å²) in [5.74, 6) is -0.164. The van der Waals surface area contributed by atoms with Crippen LogP contribution in [0.5, 0.6) is 0 Å². The second kappa shape index (κ2) is 8.00. The number of sulfonamides is 1. The van der Waals surface area contributed by atoms with E-state index >= 15 is 0 Å². The van der Waals surface area contributed by atoms with Gasteiger partial charge in [0, 0.05) is 24.0 Å². The predicted molar refractivity (Wildman–Crippen MR) is 111 cm³/mol. The Morgan fingerprint density at radius 1 is 1.07 bits per heavy atom.